The van der Waals surface area contributed by atoms with Crippen LogP contribution >= 0.6 is 15.9 Å². The molecule has 1 rings (SSSR count). The van der Waals surface area contributed by atoms with E-state index in [0.717, 1.165) is 5.56 Å². The summed E-state index contributed by atoms with van der Waals surface area (Å²) in [5.74, 6) is -0.322. The number of hydrogen-bond acceptors (Lipinski definition) is 3. The molecule has 0 fully saturated rings. The maximum Gasteiger partial charge on any atom is 0.241 e. The van der Waals surface area contributed by atoms with Crippen LogP contribution in [0.3, 0.4) is 0 Å². The maximum absolute atomic E-state index is 11.3. The third-order valence-electron chi connectivity index (χ3n) is 1.88. The zero-order chi connectivity index (χ0) is 11.6. The first-order valence-corrected chi connectivity index (χ1v) is 5.26. The molecule has 1 aromatic carbocycles. The lowest BCUT2D eigenvalue weighted by Crippen LogP contribution is -2.32. The van der Waals surface area contributed by atoms with Crippen LogP contribution in [0.25, 0.3) is 0 Å². The molecule has 1 unspecified atom stereocenters. The van der Waals surface area contributed by atoms with E-state index in [1.807, 2.05) is 6.92 Å². The molecule has 5 heteroatoms. The van der Waals surface area contributed by atoms with Crippen molar-refractivity contribution < 1.29 is 9.90 Å². The number of aromatic hydroxyl groups is 1. The molecule has 15 heavy (non-hydrogen) atoms. The number of benzene rings is 1. The van der Waals surface area contributed by atoms with E-state index in [1.165, 1.54) is 0 Å². The molecule has 0 saturated carbocycles. The van der Waals surface area contributed by atoms with Crippen molar-refractivity contribution in [1.82, 2.24) is 0 Å². The fraction of sp³-hybridized carbons (Fsp3) is 0.300. The number of carbonyl (C=O) groups is 1. The van der Waals surface area contributed by atoms with E-state index in [4.69, 9.17) is 5.73 Å². The molecule has 0 bridgehead atoms. The van der Waals surface area contributed by atoms with Crippen LogP contribution in [0.2, 0.25) is 0 Å². The molecule has 82 valence electrons. The normalized spacial score (nSPS) is 12.3. The number of aryl methyl sites for hydroxylation is 1. The molecule has 0 aliphatic rings. The first-order chi connectivity index (χ1) is 6.91. The highest BCUT2D eigenvalue weighted by Crippen LogP contribution is 2.33. The van der Waals surface area contributed by atoms with Gasteiger partial charge in [0, 0.05) is 0 Å². The Bertz CT molecular complexity index is 391. The van der Waals surface area contributed by atoms with Gasteiger partial charge in [0.2, 0.25) is 5.91 Å². The Morgan fingerprint density at radius 1 is 1.60 bits per heavy atom. The molecule has 1 atom stereocenters. The van der Waals surface area contributed by atoms with Crippen molar-refractivity contribution in [2.24, 2.45) is 5.73 Å². The number of rotatable bonds is 2. The Morgan fingerprint density at radius 2 is 2.20 bits per heavy atom. The van der Waals surface area contributed by atoms with E-state index in [2.05, 4.69) is 21.2 Å². The average Bonchev–Trinajstić information content (AvgIpc) is 2.13. The number of anilines is 1. The monoisotopic (exact) mass is 272 g/mol. The molecule has 1 amide bonds. The van der Waals surface area contributed by atoms with Crippen LogP contribution in [-0.4, -0.2) is 17.1 Å². The predicted molar refractivity (Wildman–Crippen MR) is 62.8 cm³/mol. The lowest BCUT2D eigenvalue weighted by molar-refractivity contribution is -0.117. The van der Waals surface area contributed by atoms with E-state index in [-0.39, 0.29) is 11.7 Å². The van der Waals surface area contributed by atoms with E-state index >= 15 is 0 Å². The summed E-state index contributed by atoms with van der Waals surface area (Å²) in [6.45, 7) is 3.45. The van der Waals surface area contributed by atoms with Gasteiger partial charge in [-0.1, -0.05) is 0 Å². The summed E-state index contributed by atoms with van der Waals surface area (Å²) in [5, 5.41) is 12.2. The fourth-order valence-electron chi connectivity index (χ4n) is 1.08. The third kappa shape index (κ3) is 2.94. The molecule has 0 heterocycles. The Hall–Kier alpha value is -1.07. The van der Waals surface area contributed by atoms with Crippen LogP contribution in [0.4, 0.5) is 5.69 Å². The molecular formula is C10H13BrN2O2. The van der Waals surface area contributed by atoms with Gasteiger partial charge in [0.15, 0.2) is 5.75 Å². The maximum atomic E-state index is 11.3. The summed E-state index contributed by atoms with van der Waals surface area (Å²) in [5.41, 5.74) is 6.70. The first kappa shape index (κ1) is 12.0. The van der Waals surface area contributed by atoms with Crippen molar-refractivity contribution in [1.29, 1.82) is 0 Å². The molecule has 4 N–H and O–H groups in total. The van der Waals surface area contributed by atoms with Gasteiger partial charge in [0.1, 0.15) is 0 Å². The van der Waals surface area contributed by atoms with Crippen molar-refractivity contribution in [2.45, 2.75) is 19.9 Å². The van der Waals surface area contributed by atoms with Gasteiger partial charge in [-0.25, -0.2) is 0 Å². The van der Waals surface area contributed by atoms with Crippen molar-refractivity contribution in [3.05, 3.63) is 22.2 Å². The number of carbonyl (C=O) groups excluding carboxylic acids is 1. The van der Waals surface area contributed by atoms with E-state index < -0.39 is 6.04 Å². The minimum atomic E-state index is -0.608. The number of nitrogens with one attached hydrogen (secondary N) is 1. The van der Waals surface area contributed by atoms with Gasteiger partial charge in [-0.2, -0.15) is 0 Å². The second kappa shape index (κ2) is 4.63. The predicted octanol–water partition coefficient (Wildman–Crippen LogP) is 1.75. The Labute approximate surface area is 96.6 Å². The summed E-state index contributed by atoms with van der Waals surface area (Å²) in [4.78, 5) is 11.3. The van der Waals surface area contributed by atoms with Crippen molar-refractivity contribution in [3.63, 3.8) is 0 Å². The Balaban J connectivity index is 2.99. The van der Waals surface area contributed by atoms with Gasteiger partial charge < -0.3 is 16.2 Å². The summed E-state index contributed by atoms with van der Waals surface area (Å²) in [6.07, 6.45) is 0. The average molecular weight is 273 g/mol. The van der Waals surface area contributed by atoms with Crippen molar-refractivity contribution >= 4 is 27.5 Å². The topological polar surface area (TPSA) is 75.3 Å². The number of hydrogen-bond donors (Lipinski definition) is 3. The SMILES string of the molecule is Cc1cc(Br)c(O)c(NC(=O)C(C)N)c1. The van der Waals surface area contributed by atoms with Crippen LogP contribution in [0.1, 0.15) is 12.5 Å². The standard InChI is InChI=1S/C10H13BrN2O2/c1-5-3-7(11)9(14)8(4-5)13-10(15)6(2)12/h3-4,6,14H,12H2,1-2H3,(H,13,15). The summed E-state index contributed by atoms with van der Waals surface area (Å²) in [7, 11) is 0. The quantitative estimate of drug-likeness (QED) is 0.718. The molecule has 1 aromatic rings. The number of nitrogens with two attached hydrogens (primary N) is 1. The van der Waals surface area contributed by atoms with Gasteiger partial charge in [-0.3, -0.25) is 4.79 Å². The number of phenols is 1. The van der Waals surface area contributed by atoms with E-state index in [9.17, 15) is 9.90 Å². The third-order valence-corrected chi connectivity index (χ3v) is 2.48. The highest BCUT2D eigenvalue weighted by molar-refractivity contribution is 9.10. The van der Waals surface area contributed by atoms with Crippen molar-refractivity contribution in [2.75, 3.05) is 5.32 Å². The summed E-state index contributed by atoms with van der Waals surface area (Å²) >= 11 is 3.19. The van der Waals surface area contributed by atoms with Crippen molar-refractivity contribution in [3.8, 4) is 5.75 Å². The molecule has 0 spiro atoms. The second-order valence-electron chi connectivity index (χ2n) is 3.42. The van der Waals surface area contributed by atoms with Crippen LogP contribution in [0, 0.1) is 6.92 Å². The van der Waals surface area contributed by atoms with Gasteiger partial charge in [-0.15, -0.1) is 0 Å². The number of phenolic OH excluding ortho intramolecular Hbond substituents is 1. The van der Waals surface area contributed by atoms with Gasteiger partial charge >= 0.3 is 0 Å². The van der Waals surface area contributed by atoms with Gasteiger partial charge in [0.25, 0.3) is 0 Å². The Morgan fingerprint density at radius 3 is 2.73 bits per heavy atom. The molecule has 4 nitrogen and oxygen atoms in total. The van der Waals surface area contributed by atoms with Crippen LogP contribution in [0.15, 0.2) is 16.6 Å². The second-order valence-corrected chi connectivity index (χ2v) is 4.28. The highest BCUT2D eigenvalue weighted by Gasteiger charge is 2.12. The molecule has 0 aliphatic heterocycles. The zero-order valence-electron chi connectivity index (χ0n) is 8.54. The minimum Gasteiger partial charge on any atom is -0.505 e. The van der Waals surface area contributed by atoms with Gasteiger partial charge in [-0.05, 0) is 47.5 Å². The molecule has 0 radical (unpaired) electrons. The number of amides is 1. The molecule has 0 saturated heterocycles. The summed E-state index contributed by atoms with van der Waals surface area (Å²) in [6, 6.07) is 2.83. The van der Waals surface area contributed by atoms with Crippen LogP contribution in [-0.2, 0) is 4.79 Å². The summed E-state index contributed by atoms with van der Waals surface area (Å²) < 4.78 is 0.544. The first-order valence-electron chi connectivity index (χ1n) is 4.47. The number of halogens is 1. The largest absolute Gasteiger partial charge is 0.505 e. The highest BCUT2D eigenvalue weighted by atomic mass is 79.9. The Kier molecular flexibility index (Phi) is 3.71. The molecule has 0 aromatic heterocycles. The van der Waals surface area contributed by atoms with E-state index in [1.54, 1.807) is 19.1 Å². The van der Waals surface area contributed by atoms with Gasteiger partial charge in [0.05, 0.1) is 16.2 Å². The molecular weight excluding hydrogens is 260 g/mol. The zero-order valence-corrected chi connectivity index (χ0v) is 10.1. The van der Waals surface area contributed by atoms with Crippen LogP contribution < -0.4 is 11.1 Å². The smallest absolute Gasteiger partial charge is 0.241 e. The lowest BCUT2D eigenvalue weighted by Gasteiger charge is -2.11. The van der Waals surface area contributed by atoms with E-state index in [0.29, 0.717) is 10.2 Å². The molecule has 0 aliphatic carbocycles. The fourth-order valence-corrected chi connectivity index (χ4v) is 1.65. The lowest BCUT2D eigenvalue weighted by atomic mass is 10.2. The van der Waals surface area contributed by atoms with Crippen LogP contribution in [0.5, 0.6) is 5.75 Å². The minimum absolute atomic E-state index is 0.00889.